The minimum Gasteiger partial charge on any atom is -0.379 e. The number of fused-ring (bicyclic) bond motifs is 2. The number of pyridine rings is 4. The molecule has 12 heteroatoms. The van der Waals surface area contributed by atoms with E-state index in [1.54, 1.807) is 43.4 Å². The molecule has 4 N–H and O–H groups in total. The Bertz CT molecular complexity index is 1760. The summed E-state index contributed by atoms with van der Waals surface area (Å²) in [6, 6.07) is 7.81. The molecule has 6 aromatic heterocycles. The molecule has 194 valence electrons. The van der Waals surface area contributed by atoms with E-state index >= 15 is 0 Å². The second-order valence-electron chi connectivity index (χ2n) is 9.23. The number of aliphatic hydroxyl groups is 1. The lowest BCUT2D eigenvalue weighted by Crippen LogP contribution is -2.47. The zero-order valence-corrected chi connectivity index (χ0v) is 20.7. The van der Waals surface area contributed by atoms with Gasteiger partial charge >= 0.3 is 0 Å². The van der Waals surface area contributed by atoms with Gasteiger partial charge in [0.25, 0.3) is 0 Å². The highest BCUT2D eigenvalue weighted by atomic mass is 16.5. The van der Waals surface area contributed by atoms with Gasteiger partial charge in [0.15, 0.2) is 17.8 Å². The number of nitrogens with zero attached hydrogens (tertiary/aromatic N) is 7. The van der Waals surface area contributed by atoms with Crippen LogP contribution < -0.4 is 5.32 Å². The molecular formula is C27H24N10O2. The molecule has 1 saturated heterocycles. The minimum absolute atomic E-state index is 0.600. The van der Waals surface area contributed by atoms with Crippen molar-refractivity contribution in [2.75, 3.05) is 31.6 Å². The second-order valence-corrected chi connectivity index (χ2v) is 9.23. The molecule has 12 nitrogen and oxygen atoms in total. The number of imidazole rings is 1. The van der Waals surface area contributed by atoms with Gasteiger partial charge in [-0.3, -0.25) is 25.0 Å². The van der Waals surface area contributed by atoms with E-state index in [4.69, 9.17) is 9.72 Å². The first kappa shape index (κ1) is 23.3. The van der Waals surface area contributed by atoms with E-state index in [1.807, 2.05) is 29.2 Å². The first-order valence-electron chi connectivity index (χ1n) is 12.5. The summed E-state index contributed by atoms with van der Waals surface area (Å²) in [5.74, 6) is 0.612. The van der Waals surface area contributed by atoms with Crippen LogP contribution in [0, 0.1) is 0 Å². The monoisotopic (exact) mass is 520 g/mol. The molecule has 1 fully saturated rings. The van der Waals surface area contributed by atoms with Crippen LogP contribution in [0.15, 0.2) is 67.6 Å². The molecule has 1 atom stereocenters. The summed E-state index contributed by atoms with van der Waals surface area (Å²) >= 11 is 0. The molecule has 6 aromatic rings. The molecule has 39 heavy (non-hydrogen) atoms. The van der Waals surface area contributed by atoms with Crippen LogP contribution in [-0.4, -0.2) is 82.8 Å². The van der Waals surface area contributed by atoms with Gasteiger partial charge in [-0.25, -0.2) is 9.97 Å². The van der Waals surface area contributed by atoms with Gasteiger partial charge in [-0.1, -0.05) is 0 Å². The molecular weight excluding hydrogens is 496 g/mol. The van der Waals surface area contributed by atoms with Gasteiger partial charge in [-0.2, -0.15) is 5.10 Å². The first-order chi connectivity index (χ1) is 19.2. The molecule has 0 spiro atoms. The topological polar surface area (TPSA) is 154 Å². The van der Waals surface area contributed by atoms with Crippen molar-refractivity contribution in [2.45, 2.75) is 6.35 Å². The lowest BCUT2D eigenvalue weighted by atomic mass is 10.1. The molecule has 0 bridgehead atoms. The van der Waals surface area contributed by atoms with Crippen LogP contribution in [-0.2, 0) is 4.74 Å². The quantitative estimate of drug-likeness (QED) is 0.241. The summed E-state index contributed by atoms with van der Waals surface area (Å²) in [4.78, 5) is 27.6. The fourth-order valence-corrected chi connectivity index (χ4v) is 4.77. The van der Waals surface area contributed by atoms with Gasteiger partial charge < -0.3 is 20.1 Å². The van der Waals surface area contributed by atoms with Crippen molar-refractivity contribution in [2.24, 2.45) is 0 Å². The fraction of sp³-hybridized carbons (Fsp3) is 0.185. The highest BCUT2D eigenvalue weighted by Gasteiger charge is 2.19. The Labute approximate surface area is 222 Å². The summed E-state index contributed by atoms with van der Waals surface area (Å²) < 4.78 is 5.37. The number of morpholine rings is 1. The Balaban J connectivity index is 1.22. The van der Waals surface area contributed by atoms with Crippen LogP contribution in [0.4, 0.5) is 5.69 Å². The molecule has 7 heterocycles. The average Bonchev–Trinajstić information content (AvgIpc) is 3.62. The molecule has 0 radical (unpaired) electrons. The summed E-state index contributed by atoms with van der Waals surface area (Å²) in [5.41, 5.74) is 7.21. The largest absolute Gasteiger partial charge is 0.379 e. The van der Waals surface area contributed by atoms with E-state index in [9.17, 15) is 5.11 Å². The molecule has 1 unspecified atom stereocenters. The van der Waals surface area contributed by atoms with Crippen LogP contribution in [0.5, 0.6) is 0 Å². The van der Waals surface area contributed by atoms with E-state index in [0.29, 0.717) is 49.2 Å². The second kappa shape index (κ2) is 9.83. The van der Waals surface area contributed by atoms with Crippen molar-refractivity contribution in [1.82, 2.24) is 45.0 Å². The van der Waals surface area contributed by atoms with Gasteiger partial charge in [-0.05, 0) is 29.8 Å². The number of hydrogen-bond acceptors (Lipinski definition) is 10. The van der Waals surface area contributed by atoms with E-state index in [1.165, 1.54) is 0 Å². The summed E-state index contributed by atoms with van der Waals surface area (Å²) in [7, 11) is 0. The SMILES string of the molecule is OC(Nc1cncc(-c2cnc3[nH]nc(-c4nc5c(-c6ccncc6)cncc5[nH]4)c3c2)c1)N1CCOCC1. The number of nitrogens with one attached hydrogen (secondary N) is 3. The minimum atomic E-state index is -0.827. The number of aliphatic hydroxyl groups excluding tert-OH is 1. The predicted molar refractivity (Wildman–Crippen MR) is 145 cm³/mol. The number of rotatable bonds is 6. The van der Waals surface area contributed by atoms with Crippen molar-refractivity contribution in [3.8, 4) is 33.8 Å². The Morgan fingerprint density at radius 1 is 0.923 bits per heavy atom. The van der Waals surface area contributed by atoms with Gasteiger partial charge in [0.1, 0.15) is 5.69 Å². The highest BCUT2D eigenvalue weighted by molar-refractivity contribution is 5.96. The number of H-pyrrole nitrogens is 2. The van der Waals surface area contributed by atoms with E-state index in [-0.39, 0.29) is 0 Å². The third kappa shape index (κ3) is 4.46. The Morgan fingerprint density at radius 3 is 2.62 bits per heavy atom. The smallest absolute Gasteiger partial charge is 0.184 e. The molecule has 1 aliphatic heterocycles. The van der Waals surface area contributed by atoms with Crippen LogP contribution in [0.2, 0.25) is 0 Å². The lowest BCUT2D eigenvalue weighted by Gasteiger charge is -2.31. The van der Waals surface area contributed by atoms with E-state index in [0.717, 1.165) is 38.7 Å². The van der Waals surface area contributed by atoms with Crippen molar-refractivity contribution in [3.63, 3.8) is 0 Å². The molecule has 0 amide bonds. The number of aromatic nitrogens is 8. The molecule has 0 saturated carbocycles. The molecule has 0 aliphatic carbocycles. The van der Waals surface area contributed by atoms with Crippen molar-refractivity contribution in [3.05, 3.63) is 67.6 Å². The van der Waals surface area contributed by atoms with Crippen LogP contribution in [0.25, 0.3) is 55.8 Å². The van der Waals surface area contributed by atoms with Crippen LogP contribution in [0.1, 0.15) is 0 Å². The highest BCUT2D eigenvalue weighted by Crippen LogP contribution is 2.32. The summed E-state index contributed by atoms with van der Waals surface area (Å²) in [6.45, 7) is 2.52. The first-order valence-corrected chi connectivity index (χ1v) is 12.5. The maximum absolute atomic E-state index is 10.6. The Kier molecular flexibility index (Phi) is 5.89. The Morgan fingerprint density at radius 2 is 1.74 bits per heavy atom. The summed E-state index contributed by atoms with van der Waals surface area (Å²) in [6.07, 6.45) is 11.4. The van der Waals surface area contributed by atoms with Gasteiger partial charge in [0, 0.05) is 60.8 Å². The third-order valence-corrected chi connectivity index (χ3v) is 6.79. The third-order valence-electron chi connectivity index (χ3n) is 6.79. The predicted octanol–water partition coefficient (Wildman–Crippen LogP) is 3.04. The number of ether oxygens (including phenoxy) is 1. The van der Waals surface area contributed by atoms with E-state index in [2.05, 4.69) is 40.4 Å². The fourth-order valence-electron chi connectivity index (χ4n) is 4.77. The van der Waals surface area contributed by atoms with Crippen LogP contribution in [0.3, 0.4) is 0 Å². The zero-order chi connectivity index (χ0) is 26.2. The zero-order valence-electron chi connectivity index (χ0n) is 20.7. The van der Waals surface area contributed by atoms with Crippen molar-refractivity contribution < 1.29 is 9.84 Å². The Hall–Kier alpha value is -4.78. The number of hydrogen-bond donors (Lipinski definition) is 4. The van der Waals surface area contributed by atoms with Crippen LogP contribution >= 0.6 is 0 Å². The van der Waals surface area contributed by atoms with E-state index < -0.39 is 6.35 Å². The maximum Gasteiger partial charge on any atom is 0.184 e. The standard InChI is InChI=1S/C27H24N10O2/c38-27(37-5-7-39-8-6-37)32-19-9-17(11-29-13-19)18-10-20-24(35-36-25(20)31-12-18)26-33-22-15-30-14-21(23(22)34-26)16-1-3-28-4-2-16/h1-4,9-15,27,32,38H,5-8H2,(H,33,34)(H,31,35,36). The van der Waals surface area contributed by atoms with Gasteiger partial charge in [0.05, 0.1) is 47.7 Å². The molecule has 0 aromatic carbocycles. The summed E-state index contributed by atoms with van der Waals surface area (Å²) in [5, 5.41) is 22.1. The average molecular weight is 521 g/mol. The van der Waals surface area contributed by atoms with Gasteiger partial charge in [0.2, 0.25) is 0 Å². The molecule has 1 aliphatic rings. The van der Waals surface area contributed by atoms with Crippen molar-refractivity contribution in [1.29, 1.82) is 0 Å². The number of aromatic amines is 2. The maximum atomic E-state index is 10.6. The lowest BCUT2D eigenvalue weighted by molar-refractivity contribution is -0.0446. The van der Waals surface area contributed by atoms with Crippen molar-refractivity contribution >= 4 is 27.8 Å². The van der Waals surface area contributed by atoms with Gasteiger partial charge in [-0.15, -0.1) is 0 Å². The number of anilines is 1. The normalized spacial score (nSPS) is 15.1. The molecule has 7 rings (SSSR count).